The van der Waals surface area contributed by atoms with Crippen LogP contribution in [0.5, 0.6) is 0 Å². The molecule has 1 aliphatic heterocycles. The molecule has 4 heteroatoms. The lowest BCUT2D eigenvalue weighted by molar-refractivity contribution is -0.118. The van der Waals surface area contributed by atoms with Crippen molar-refractivity contribution in [1.29, 1.82) is 0 Å². The molecule has 2 aromatic rings. The summed E-state index contributed by atoms with van der Waals surface area (Å²) in [6.45, 7) is 0.441. The highest BCUT2D eigenvalue weighted by Gasteiger charge is 2.26. The first kappa shape index (κ1) is 12.5. The number of hydrogen-bond donors (Lipinski definition) is 0. The Morgan fingerprint density at radius 1 is 1.05 bits per heavy atom. The average molecular weight is 266 g/mol. The van der Waals surface area contributed by atoms with Gasteiger partial charge in [-0.25, -0.2) is 0 Å². The van der Waals surface area contributed by atoms with E-state index in [9.17, 15) is 9.59 Å². The van der Waals surface area contributed by atoms with E-state index in [1.165, 1.54) is 0 Å². The number of amides is 1. The Balaban J connectivity index is 2.01. The zero-order chi connectivity index (χ0) is 13.9. The molecule has 1 aromatic heterocycles. The van der Waals surface area contributed by atoms with Gasteiger partial charge in [0.25, 0.3) is 0 Å². The third-order valence-corrected chi connectivity index (χ3v) is 3.43. The highest BCUT2D eigenvalue weighted by atomic mass is 16.2. The number of carbonyl (C=O) groups is 2. The van der Waals surface area contributed by atoms with Crippen molar-refractivity contribution in [3.05, 3.63) is 59.9 Å². The van der Waals surface area contributed by atoms with Crippen LogP contribution in [0.15, 0.2) is 48.8 Å². The van der Waals surface area contributed by atoms with Gasteiger partial charge < -0.3 is 4.90 Å². The smallest absolute Gasteiger partial charge is 0.227 e. The summed E-state index contributed by atoms with van der Waals surface area (Å²) >= 11 is 0. The van der Waals surface area contributed by atoms with E-state index in [1.807, 2.05) is 30.3 Å². The van der Waals surface area contributed by atoms with Crippen molar-refractivity contribution in [2.45, 2.75) is 19.4 Å². The lowest BCUT2D eigenvalue weighted by Gasteiger charge is -2.22. The predicted molar refractivity (Wildman–Crippen MR) is 75.4 cm³/mol. The van der Waals surface area contributed by atoms with Gasteiger partial charge in [-0.15, -0.1) is 0 Å². The number of hydrogen-bond acceptors (Lipinski definition) is 3. The molecule has 0 unspecified atom stereocenters. The zero-order valence-corrected chi connectivity index (χ0v) is 11.0. The molecule has 0 bridgehead atoms. The summed E-state index contributed by atoms with van der Waals surface area (Å²) in [5.41, 5.74) is 2.27. The van der Waals surface area contributed by atoms with Crippen molar-refractivity contribution >= 4 is 17.4 Å². The van der Waals surface area contributed by atoms with E-state index in [4.69, 9.17) is 0 Å². The van der Waals surface area contributed by atoms with Crippen molar-refractivity contribution in [1.82, 2.24) is 4.98 Å². The lowest BCUT2D eigenvalue weighted by Crippen LogP contribution is -2.29. The van der Waals surface area contributed by atoms with Crippen LogP contribution in [0.25, 0.3) is 0 Å². The summed E-state index contributed by atoms with van der Waals surface area (Å²) in [6, 6.07) is 11.1. The van der Waals surface area contributed by atoms with Crippen LogP contribution in [0, 0.1) is 0 Å². The van der Waals surface area contributed by atoms with Gasteiger partial charge >= 0.3 is 0 Å². The van der Waals surface area contributed by atoms with E-state index >= 15 is 0 Å². The molecule has 0 aliphatic carbocycles. The van der Waals surface area contributed by atoms with Crippen LogP contribution < -0.4 is 4.90 Å². The van der Waals surface area contributed by atoms with Crippen LogP contribution in [0.3, 0.4) is 0 Å². The summed E-state index contributed by atoms with van der Waals surface area (Å²) in [5.74, 6) is 0.00906. The Hall–Kier alpha value is -2.49. The Morgan fingerprint density at radius 3 is 2.70 bits per heavy atom. The molecule has 0 spiro atoms. The van der Waals surface area contributed by atoms with Gasteiger partial charge in [0.1, 0.15) is 0 Å². The monoisotopic (exact) mass is 266 g/mol. The number of carbonyl (C=O) groups excluding carboxylic acids is 2. The molecule has 20 heavy (non-hydrogen) atoms. The van der Waals surface area contributed by atoms with Gasteiger partial charge in [0.05, 0.1) is 12.2 Å². The first-order chi connectivity index (χ1) is 9.75. The van der Waals surface area contributed by atoms with Gasteiger partial charge in [0.15, 0.2) is 5.78 Å². The molecule has 0 N–H and O–H groups in total. The summed E-state index contributed by atoms with van der Waals surface area (Å²) in [6.07, 6.45) is 3.97. The number of nitrogens with zero attached hydrogens (tertiary/aromatic N) is 2. The van der Waals surface area contributed by atoms with Crippen molar-refractivity contribution in [3.8, 4) is 0 Å². The van der Waals surface area contributed by atoms with Gasteiger partial charge in [-0.1, -0.05) is 18.2 Å². The molecule has 4 nitrogen and oxygen atoms in total. The van der Waals surface area contributed by atoms with Gasteiger partial charge in [-0.3, -0.25) is 14.6 Å². The van der Waals surface area contributed by atoms with Crippen LogP contribution in [-0.2, 0) is 11.3 Å². The fraction of sp³-hybridized carbons (Fsp3) is 0.188. The molecule has 2 heterocycles. The largest absolute Gasteiger partial charge is 0.307 e. The first-order valence-corrected chi connectivity index (χ1v) is 6.57. The van der Waals surface area contributed by atoms with Gasteiger partial charge in [-0.05, 0) is 23.8 Å². The van der Waals surface area contributed by atoms with Crippen LogP contribution in [-0.4, -0.2) is 16.7 Å². The summed E-state index contributed by atoms with van der Waals surface area (Å²) < 4.78 is 0. The van der Waals surface area contributed by atoms with Gasteiger partial charge in [0, 0.05) is 30.8 Å². The second-order valence-corrected chi connectivity index (χ2v) is 4.78. The van der Waals surface area contributed by atoms with E-state index in [2.05, 4.69) is 4.98 Å². The van der Waals surface area contributed by atoms with Crippen molar-refractivity contribution in [2.24, 2.45) is 0 Å². The van der Waals surface area contributed by atoms with Gasteiger partial charge in [0.2, 0.25) is 5.91 Å². The summed E-state index contributed by atoms with van der Waals surface area (Å²) in [5, 5.41) is 0. The predicted octanol–water partition coefficient (Wildman–Crippen LogP) is 2.59. The minimum absolute atomic E-state index is 0.0212. The number of benzene rings is 1. The van der Waals surface area contributed by atoms with Crippen molar-refractivity contribution in [3.63, 3.8) is 0 Å². The first-order valence-electron chi connectivity index (χ1n) is 6.57. The van der Waals surface area contributed by atoms with E-state index in [-0.39, 0.29) is 24.5 Å². The second kappa shape index (κ2) is 5.25. The molecule has 1 aliphatic rings. The molecule has 3 rings (SSSR count). The number of pyridine rings is 1. The van der Waals surface area contributed by atoms with Crippen molar-refractivity contribution < 1.29 is 9.59 Å². The van der Waals surface area contributed by atoms with Crippen LogP contribution >= 0.6 is 0 Å². The zero-order valence-electron chi connectivity index (χ0n) is 11.0. The maximum absolute atomic E-state index is 12.3. The number of para-hydroxylation sites is 1. The highest BCUT2D eigenvalue weighted by molar-refractivity contribution is 6.09. The lowest BCUT2D eigenvalue weighted by atomic mass is 10.1. The SMILES string of the molecule is O=C1CCC(=O)N(Cc2cccnc2)c2ccccc21. The molecular formula is C16H14N2O2. The standard InChI is InChI=1S/C16H14N2O2/c19-15-7-8-16(20)18(11-12-4-3-9-17-10-12)14-6-2-1-5-13(14)15/h1-6,9-10H,7-8,11H2. The van der Waals surface area contributed by atoms with Crippen LogP contribution in [0.2, 0.25) is 0 Å². The van der Waals surface area contributed by atoms with Crippen molar-refractivity contribution in [2.75, 3.05) is 4.90 Å². The molecule has 1 aromatic carbocycles. The molecule has 100 valence electrons. The average Bonchev–Trinajstić information content (AvgIpc) is 2.61. The normalized spacial score (nSPS) is 14.9. The molecule has 0 saturated carbocycles. The third kappa shape index (κ3) is 2.32. The van der Waals surface area contributed by atoms with Gasteiger partial charge in [-0.2, -0.15) is 0 Å². The molecule has 0 atom stereocenters. The Labute approximate surface area is 117 Å². The molecule has 0 saturated heterocycles. The van der Waals surface area contributed by atoms with Crippen LogP contribution in [0.4, 0.5) is 5.69 Å². The minimum Gasteiger partial charge on any atom is -0.307 e. The second-order valence-electron chi connectivity index (χ2n) is 4.78. The number of aromatic nitrogens is 1. The van der Waals surface area contributed by atoms with E-state index in [0.717, 1.165) is 5.56 Å². The minimum atomic E-state index is -0.0212. The quantitative estimate of drug-likeness (QED) is 0.839. The summed E-state index contributed by atoms with van der Waals surface area (Å²) in [4.78, 5) is 30.1. The number of ketones is 1. The Kier molecular flexibility index (Phi) is 3.29. The van der Waals surface area contributed by atoms with E-state index in [1.54, 1.807) is 23.4 Å². The molecular weight excluding hydrogens is 252 g/mol. The highest BCUT2D eigenvalue weighted by Crippen LogP contribution is 2.28. The summed E-state index contributed by atoms with van der Waals surface area (Å²) in [7, 11) is 0. The number of Topliss-reactive ketones (excluding diaryl/α,β-unsaturated/α-hetero) is 1. The van der Waals surface area contributed by atoms with E-state index < -0.39 is 0 Å². The molecule has 0 radical (unpaired) electrons. The molecule has 1 amide bonds. The number of anilines is 1. The maximum Gasteiger partial charge on any atom is 0.227 e. The topological polar surface area (TPSA) is 50.3 Å². The fourth-order valence-electron chi connectivity index (χ4n) is 2.42. The Morgan fingerprint density at radius 2 is 1.90 bits per heavy atom. The maximum atomic E-state index is 12.3. The number of fused-ring (bicyclic) bond motifs is 1. The van der Waals surface area contributed by atoms with Crippen LogP contribution in [0.1, 0.15) is 28.8 Å². The third-order valence-electron chi connectivity index (χ3n) is 3.43. The fourth-order valence-corrected chi connectivity index (χ4v) is 2.42. The number of rotatable bonds is 2. The molecule has 0 fully saturated rings. The van der Waals surface area contributed by atoms with E-state index in [0.29, 0.717) is 17.8 Å². The Bertz CT molecular complexity index is 653.